The fraction of sp³-hybridized carbons (Fsp3) is 0.600. The molecule has 1 saturated heterocycles. The number of nitrogen functional groups attached to an aromatic ring is 1. The molecule has 2 rings (SSSR count). The average molecular weight is 264 g/mol. The van der Waals surface area contributed by atoms with Crippen LogP contribution in [0.25, 0.3) is 0 Å². The number of benzene rings is 1. The van der Waals surface area contributed by atoms with Crippen molar-refractivity contribution in [1.82, 2.24) is 0 Å². The van der Waals surface area contributed by atoms with Crippen molar-refractivity contribution >= 4 is 11.4 Å². The molecule has 0 spiro atoms. The highest BCUT2D eigenvalue weighted by atomic mass is 16.5. The van der Waals surface area contributed by atoms with E-state index in [0.717, 1.165) is 37.4 Å². The molecule has 1 atom stereocenters. The molecule has 0 aliphatic carbocycles. The van der Waals surface area contributed by atoms with Crippen molar-refractivity contribution in [2.75, 3.05) is 30.3 Å². The van der Waals surface area contributed by atoms with E-state index in [-0.39, 0.29) is 12.7 Å². The van der Waals surface area contributed by atoms with E-state index in [4.69, 9.17) is 15.6 Å². The van der Waals surface area contributed by atoms with Crippen LogP contribution < -0.4 is 15.4 Å². The minimum absolute atomic E-state index is 0.123. The van der Waals surface area contributed by atoms with Crippen LogP contribution >= 0.6 is 0 Å². The van der Waals surface area contributed by atoms with Crippen LogP contribution in [-0.2, 0) is 0 Å². The fourth-order valence-electron chi connectivity index (χ4n) is 2.56. The number of aliphatic hydroxyl groups excluding tert-OH is 1. The van der Waals surface area contributed by atoms with Crippen LogP contribution in [0.2, 0.25) is 0 Å². The van der Waals surface area contributed by atoms with Crippen molar-refractivity contribution in [3.8, 4) is 5.75 Å². The molecule has 1 heterocycles. The van der Waals surface area contributed by atoms with Crippen LogP contribution in [0.15, 0.2) is 18.2 Å². The van der Waals surface area contributed by atoms with Gasteiger partial charge in [-0.25, -0.2) is 0 Å². The summed E-state index contributed by atoms with van der Waals surface area (Å²) in [6.45, 7) is 6.32. The molecule has 0 amide bonds. The molecule has 1 aliphatic heterocycles. The molecular formula is C15H24N2O2. The van der Waals surface area contributed by atoms with E-state index < -0.39 is 0 Å². The molecule has 4 nitrogen and oxygen atoms in total. The minimum atomic E-state index is 0.123. The third-order valence-corrected chi connectivity index (χ3v) is 3.55. The summed E-state index contributed by atoms with van der Waals surface area (Å²) in [5, 5.41) is 9.01. The second-order valence-electron chi connectivity index (χ2n) is 5.50. The van der Waals surface area contributed by atoms with Gasteiger partial charge in [0, 0.05) is 31.5 Å². The molecule has 19 heavy (non-hydrogen) atoms. The number of nitrogens with two attached hydrogens (primary N) is 1. The number of anilines is 2. The lowest BCUT2D eigenvalue weighted by atomic mass is 10.1. The van der Waals surface area contributed by atoms with E-state index in [9.17, 15) is 0 Å². The van der Waals surface area contributed by atoms with Gasteiger partial charge in [0.1, 0.15) is 5.75 Å². The van der Waals surface area contributed by atoms with E-state index in [1.807, 2.05) is 32.0 Å². The van der Waals surface area contributed by atoms with Gasteiger partial charge in [-0.1, -0.05) is 0 Å². The Morgan fingerprint density at radius 3 is 2.95 bits per heavy atom. The van der Waals surface area contributed by atoms with Gasteiger partial charge < -0.3 is 20.5 Å². The highest BCUT2D eigenvalue weighted by Gasteiger charge is 2.22. The van der Waals surface area contributed by atoms with Crippen molar-refractivity contribution in [2.45, 2.75) is 32.8 Å². The minimum Gasteiger partial charge on any atom is -0.489 e. The van der Waals surface area contributed by atoms with Gasteiger partial charge in [0.2, 0.25) is 0 Å². The predicted octanol–water partition coefficient (Wildman–Crippen LogP) is 2.26. The summed E-state index contributed by atoms with van der Waals surface area (Å²) in [5.41, 5.74) is 7.78. The lowest BCUT2D eigenvalue weighted by molar-refractivity contribution is 0.244. The van der Waals surface area contributed by atoms with E-state index >= 15 is 0 Å². The first-order valence-corrected chi connectivity index (χ1v) is 7.02. The molecule has 0 aromatic heterocycles. The summed E-state index contributed by atoms with van der Waals surface area (Å²) in [4.78, 5) is 2.34. The monoisotopic (exact) mass is 264 g/mol. The molecule has 1 aromatic carbocycles. The highest BCUT2D eigenvalue weighted by Crippen LogP contribution is 2.32. The Bertz CT molecular complexity index is 421. The van der Waals surface area contributed by atoms with Crippen molar-refractivity contribution in [3.63, 3.8) is 0 Å². The first-order valence-electron chi connectivity index (χ1n) is 7.02. The molecule has 106 valence electrons. The Hall–Kier alpha value is -1.42. The van der Waals surface area contributed by atoms with Crippen LogP contribution in [-0.4, -0.2) is 30.9 Å². The molecule has 3 N–H and O–H groups in total. The predicted molar refractivity (Wildman–Crippen MR) is 78.6 cm³/mol. The average Bonchev–Trinajstić information content (AvgIpc) is 2.80. The molecule has 4 heteroatoms. The Kier molecular flexibility index (Phi) is 4.53. The Morgan fingerprint density at radius 1 is 1.47 bits per heavy atom. The molecule has 0 bridgehead atoms. The van der Waals surface area contributed by atoms with E-state index in [1.165, 1.54) is 0 Å². The number of hydrogen-bond acceptors (Lipinski definition) is 4. The maximum absolute atomic E-state index is 9.01. The van der Waals surface area contributed by atoms with Crippen LogP contribution in [0.1, 0.15) is 26.7 Å². The zero-order chi connectivity index (χ0) is 13.8. The third kappa shape index (κ3) is 3.53. The van der Waals surface area contributed by atoms with E-state index in [1.54, 1.807) is 0 Å². The fourth-order valence-corrected chi connectivity index (χ4v) is 2.56. The molecule has 1 unspecified atom stereocenters. The van der Waals surface area contributed by atoms with Crippen molar-refractivity contribution < 1.29 is 9.84 Å². The summed E-state index contributed by atoms with van der Waals surface area (Å²) in [5.74, 6) is 1.36. The number of hydrogen-bond donors (Lipinski definition) is 2. The maximum atomic E-state index is 9.01. The molecular weight excluding hydrogens is 240 g/mol. The standard InChI is InChI=1S/C15H24N2O2/c1-11(2)19-15-9-13(3-4-14(15)16)17-7-5-12(10-17)6-8-18/h3-4,9,11-12,18H,5-8,10,16H2,1-2H3. The number of ether oxygens (including phenoxy) is 1. The smallest absolute Gasteiger partial charge is 0.144 e. The van der Waals surface area contributed by atoms with Gasteiger partial charge in [0.15, 0.2) is 0 Å². The van der Waals surface area contributed by atoms with Gasteiger partial charge >= 0.3 is 0 Å². The molecule has 1 fully saturated rings. The van der Waals surface area contributed by atoms with Crippen molar-refractivity contribution in [1.29, 1.82) is 0 Å². The van der Waals surface area contributed by atoms with Gasteiger partial charge in [-0.3, -0.25) is 0 Å². The topological polar surface area (TPSA) is 58.7 Å². The Labute approximate surface area is 115 Å². The second-order valence-corrected chi connectivity index (χ2v) is 5.50. The molecule has 0 saturated carbocycles. The largest absolute Gasteiger partial charge is 0.489 e. The zero-order valence-corrected chi connectivity index (χ0v) is 11.8. The summed E-state index contributed by atoms with van der Waals surface area (Å²) in [7, 11) is 0. The van der Waals surface area contributed by atoms with Gasteiger partial charge in [-0.2, -0.15) is 0 Å². The van der Waals surface area contributed by atoms with Gasteiger partial charge in [0.05, 0.1) is 11.8 Å². The Morgan fingerprint density at radius 2 is 2.26 bits per heavy atom. The van der Waals surface area contributed by atoms with Crippen molar-refractivity contribution in [3.05, 3.63) is 18.2 Å². The van der Waals surface area contributed by atoms with Gasteiger partial charge in [-0.15, -0.1) is 0 Å². The lowest BCUT2D eigenvalue weighted by Crippen LogP contribution is -2.20. The SMILES string of the molecule is CC(C)Oc1cc(N2CCC(CCO)C2)ccc1N. The summed E-state index contributed by atoms with van der Waals surface area (Å²) >= 11 is 0. The quantitative estimate of drug-likeness (QED) is 0.801. The maximum Gasteiger partial charge on any atom is 0.144 e. The number of rotatable bonds is 5. The van der Waals surface area contributed by atoms with Crippen LogP contribution in [0.4, 0.5) is 11.4 Å². The molecule has 1 aromatic rings. The first kappa shape index (κ1) is 14.0. The summed E-state index contributed by atoms with van der Waals surface area (Å²) in [6.07, 6.45) is 2.16. The number of aliphatic hydroxyl groups is 1. The lowest BCUT2D eigenvalue weighted by Gasteiger charge is -2.21. The summed E-state index contributed by atoms with van der Waals surface area (Å²) < 4.78 is 5.73. The molecule has 1 aliphatic rings. The van der Waals surface area contributed by atoms with Crippen LogP contribution in [0.5, 0.6) is 5.75 Å². The van der Waals surface area contributed by atoms with Gasteiger partial charge in [-0.05, 0) is 44.7 Å². The second kappa shape index (κ2) is 6.15. The zero-order valence-electron chi connectivity index (χ0n) is 11.8. The Balaban J connectivity index is 2.08. The van der Waals surface area contributed by atoms with Crippen LogP contribution in [0.3, 0.4) is 0 Å². The molecule has 0 radical (unpaired) electrons. The van der Waals surface area contributed by atoms with Crippen molar-refractivity contribution in [2.24, 2.45) is 5.92 Å². The normalized spacial score (nSPS) is 19.2. The first-order chi connectivity index (χ1) is 9.10. The van der Waals surface area contributed by atoms with Gasteiger partial charge in [0.25, 0.3) is 0 Å². The van der Waals surface area contributed by atoms with E-state index in [2.05, 4.69) is 4.90 Å². The number of nitrogens with zero attached hydrogens (tertiary/aromatic N) is 1. The van der Waals surface area contributed by atoms with Crippen LogP contribution in [0, 0.1) is 5.92 Å². The highest BCUT2D eigenvalue weighted by molar-refractivity contribution is 5.62. The van der Waals surface area contributed by atoms with E-state index in [0.29, 0.717) is 11.6 Å². The third-order valence-electron chi connectivity index (χ3n) is 3.55. The summed E-state index contributed by atoms with van der Waals surface area (Å²) in [6, 6.07) is 5.98.